The number of allylic oxidation sites excluding steroid dienone is 3. The van der Waals surface area contributed by atoms with E-state index in [4.69, 9.17) is 15.6 Å². The number of para-hydroxylation sites is 1. The van der Waals surface area contributed by atoms with E-state index in [1.54, 1.807) is 6.08 Å². The van der Waals surface area contributed by atoms with Crippen LogP contribution >= 0.6 is 0 Å². The van der Waals surface area contributed by atoms with Crippen LogP contribution in [0.1, 0.15) is 44.8 Å². The highest BCUT2D eigenvalue weighted by atomic mass is 16.5. The predicted molar refractivity (Wildman–Crippen MR) is 153 cm³/mol. The van der Waals surface area contributed by atoms with Crippen molar-refractivity contribution in [3.05, 3.63) is 78.5 Å². The Hall–Kier alpha value is -3.98. The van der Waals surface area contributed by atoms with Crippen molar-refractivity contribution in [3.63, 3.8) is 0 Å². The standard InChI is InChI=1S/C30H37N7O2/c1-4-35(5-2)16-9-12-26(38)36-17-15-22(19-36)37-30-27(29(31)32-20-33-30)28(34-37)25-14-13-24(18-21(25)3)39-23-10-7-6-8-11-23/h6-14,18,20-22,25H,4-5,15-17,19H2,1-3H3,(H2,31,32,33)/b12-9+. The molecular formula is C30H37N7O2. The van der Waals surface area contributed by atoms with Crippen molar-refractivity contribution < 1.29 is 9.53 Å². The van der Waals surface area contributed by atoms with E-state index in [1.807, 2.05) is 52.1 Å². The number of nitrogen functional groups attached to an aromatic ring is 1. The minimum atomic E-state index is -0.00711. The molecule has 3 aromatic rings. The number of fused-ring (bicyclic) bond motifs is 1. The Balaban J connectivity index is 1.35. The monoisotopic (exact) mass is 527 g/mol. The first-order valence-corrected chi connectivity index (χ1v) is 13.8. The zero-order chi connectivity index (χ0) is 27.4. The second-order valence-electron chi connectivity index (χ2n) is 10.1. The molecular weight excluding hydrogens is 490 g/mol. The summed E-state index contributed by atoms with van der Waals surface area (Å²) in [5.41, 5.74) is 7.95. The van der Waals surface area contributed by atoms with Gasteiger partial charge in [0.05, 0.1) is 17.1 Å². The summed E-state index contributed by atoms with van der Waals surface area (Å²) in [6.45, 7) is 10.4. The lowest BCUT2D eigenvalue weighted by atomic mass is 9.86. The number of benzene rings is 1. The summed E-state index contributed by atoms with van der Waals surface area (Å²) in [5.74, 6) is 2.18. The molecule has 1 saturated heterocycles. The van der Waals surface area contributed by atoms with Crippen LogP contribution in [0.25, 0.3) is 11.0 Å². The Labute approximate surface area is 229 Å². The van der Waals surface area contributed by atoms with Crippen LogP contribution in [0, 0.1) is 5.92 Å². The minimum absolute atomic E-state index is 0.00711. The number of aromatic nitrogens is 4. The first-order chi connectivity index (χ1) is 19.0. The van der Waals surface area contributed by atoms with E-state index < -0.39 is 0 Å². The number of amides is 1. The molecule has 2 aromatic heterocycles. The molecule has 3 unspecified atom stereocenters. The van der Waals surface area contributed by atoms with Crippen molar-refractivity contribution in [1.82, 2.24) is 29.5 Å². The summed E-state index contributed by atoms with van der Waals surface area (Å²) < 4.78 is 8.00. The van der Waals surface area contributed by atoms with Gasteiger partial charge in [-0.05, 0) is 49.7 Å². The van der Waals surface area contributed by atoms with Crippen LogP contribution in [0.4, 0.5) is 5.82 Å². The van der Waals surface area contributed by atoms with Crippen molar-refractivity contribution in [2.75, 3.05) is 38.5 Å². The molecule has 2 aliphatic rings. The summed E-state index contributed by atoms with van der Waals surface area (Å²) in [6.07, 6.45) is 12.2. The van der Waals surface area contributed by atoms with Crippen molar-refractivity contribution in [3.8, 4) is 5.75 Å². The van der Waals surface area contributed by atoms with Gasteiger partial charge in [0.15, 0.2) is 5.65 Å². The Morgan fingerprint density at radius 1 is 1.21 bits per heavy atom. The van der Waals surface area contributed by atoms with Gasteiger partial charge in [-0.2, -0.15) is 5.10 Å². The molecule has 0 radical (unpaired) electrons. The number of likely N-dealkylation sites (tertiary alicyclic amines) is 1. The zero-order valence-electron chi connectivity index (χ0n) is 22.9. The van der Waals surface area contributed by atoms with Gasteiger partial charge in [-0.25, -0.2) is 14.6 Å². The number of ether oxygens (including phenoxy) is 1. The van der Waals surface area contributed by atoms with E-state index in [1.165, 1.54) is 6.33 Å². The number of nitrogens with two attached hydrogens (primary N) is 1. The third kappa shape index (κ3) is 5.73. The number of likely N-dealkylation sites (N-methyl/N-ethyl adjacent to an activating group) is 1. The number of hydrogen-bond donors (Lipinski definition) is 1. The lowest BCUT2D eigenvalue weighted by Gasteiger charge is -2.22. The van der Waals surface area contributed by atoms with Crippen molar-refractivity contribution in [1.29, 1.82) is 0 Å². The zero-order valence-corrected chi connectivity index (χ0v) is 22.9. The summed E-state index contributed by atoms with van der Waals surface area (Å²) >= 11 is 0. The molecule has 39 heavy (non-hydrogen) atoms. The van der Waals surface area contributed by atoms with Gasteiger partial charge in [0.1, 0.15) is 23.7 Å². The van der Waals surface area contributed by atoms with E-state index >= 15 is 0 Å². The Morgan fingerprint density at radius 3 is 2.74 bits per heavy atom. The number of rotatable bonds is 9. The molecule has 204 valence electrons. The average Bonchev–Trinajstić information content (AvgIpc) is 3.58. The Kier molecular flexibility index (Phi) is 8.07. The van der Waals surface area contributed by atoms with Crippen LogP contribution in [-0.2, 0) is 4.79 Å². The second-order valence-corrected chi connectivity index (χ2v) is 10.1. The summed E-state index contributed by atoms with van der Waals surface area (Å²) in [5, 5.41) is 5.85. The first kappa shape index (κ1) is 26.6. The van der Waals surface area contributed by atoms with Crippen molar-refractivity contribution >= 4 is 22.8 Å². The lowest BCUT2D eigenvalue weighted by molar-refractivity contribution is -0.125. The molecule has 9 heteroatoms. The van der Waals surface area contributed by atoms with E-state index in [-0.39, 0.29) is 23.8 Å². The van der Waals surface area contributed by atoms with E-state index in [0.717, 1.165) is 48.6 Å². The average molecular weight is 528 g/mol. The maximum atomic E-state index is 12.9. The van der Waals surface area contributed by atoms with Crippen molar-refractivity contribution in [2.45, 2.75) is 39.2 Å². The van der Waals surface area contributed by atoms with Crippen LogP contribution in [0.5, 0.6) is 5.75 Å². The predicted octanol–water partition coefficient (Wildman–Crippen LogP) is 4.33. The van der Waals surface area contributed by atoms with Gasteiger partial charge in [0.25, 0.3) is 0 Å². The quantitative estimate of drug-likeness (QED) is 0.413. The molecule has 3 heterocycles. The fraction of sp³-hybridized carbons (Fsp3) is 0.400. The summed E-state index contributed by atoms with van der Waals surface area (Å²) in [7, 11) is 0. The largest absolute Gasteiger partial charge is 0.458 e. The van der Waals surface area contributed by atoms with E-state index in [0.29, 0.717) is 24.6 Å². The van der Waals surface area contributed by atoms with Crippen LogP contribution in [0.15, 0.2) is 72.8 Å². The van der Waals surface area contributed by atoms with Gasteiger partial charge in [0, 0.05) is 31.6 Å². The Bertz CT molecular complexity index is 1390. The van der Waals surface area contributed by atoms with Crippen LogP contribution < -0.4 is 10.5 Å². The van der Waals surface area contributed by atoms with Gasteiger partial charge < -0.3 is 20.3 Å². The smallest absolute Gasteiger partial charge is 0.246 e. The molecule has 3 atom stereocenters. The molecule has 0 bridgehead atoms. The van der Waals surface area contributed by atoms with Gasteiger partial charge in [-0.1, -0.05) is 51.1 Å². The van der Waals surface area contributed by atoms with Gasteiger partial charge >= 0.3 is 0 Å². The number of carbonyl (C=O) groups excluding carboxylic acids is 1. The molecule has 1 amide bonds. The molecule has 2 N–H and O–H groups in total. The minimum Gasteiger partial charge on any atom is -0.458 e. The molecule has 1 aliphatic carbocycles. The highest BCUT2D eigenvalue weighted by Crippen LogP contribution is 2.38. The molecule has 1 fully saturated rings. The third-order valence-corrected chi connectivity index (χ3v) is 7.64. The van der Waals surface area contributed by atoms with Crippen LogP contribution in [-0.4, -0.2) is 68.2 Å². The first-order valence-electron chi connectivity index (χ1n) is 13.8. The SMILES string of the molecule is CCN(CC)C/C=C/C(=O)N1CCC(n2nc(C3C=CC(Oc4ccccc4)=CC3C)c3c(N)ncnc32)C1. The fourth-order valence-electron chi connectivity index (χ4n) is 5.37. The van der Waals surface area contributed by atoms with Gasteiger partial charge in [0.2, 0.25) is 5.91 Å². The van der Waals surface area contributed by atoms with Crippen LogP contribution in [0.3, 0.4) is 0 Å². The maximum Gasteiger partial charge on any atom is 0.246 e. The normalized spacial score (nSPS) is 21.3. The number of nitrogens with zero attached hydrogens (tertiary/aromatic N) is 6. The summed E-state index contributed by atoms with van der Waals surface area (Å²) in [6, 6.07) is 9.77. The van der Waals surface area contributed by atoms with Crippen LogP contribution in [0.2, 0.25) is 0 Å². The molecule has 1 aliphatic heterocycles. The lowest BCUT2D eigenvalue weighted by Crippen LogP contribution is -2.28. The second kappa shape index (κ2) is 11.8. The molecule has 0 spiro atoms. The number of hydrogen-bond acceptors (Lipinski definition) is 7. The van der Waals surface area contributed by atoms with Gasteiger partial charge in [-0.15, -0.1) is 0 Å². The highest BCUT2D eigenvalue weighted by Gasteiger charge is 2.32. The fourth-order valence-corrected chi connectivity index (χ4v) is 5.37. The molecule has 5 rings (SSSR count). The topological polar surface area (TPSA) is 102 Å². The number of anilines is 1. The molecule has 1 aromatic carbocycles. The van der Waals surface area contributed by atoms with Gasteiger partial charge in [-0.3, -0.25) is 4.79 Å². The highest BCUT2D eigenvalue weighted by molar-refractivity contribution is 5.89. The number of carbonyl (C=O) groups is 1. The molecule has 9 nitrogen and oxygen atoms in total. The maximum absolute atomic E-state index is 12.9. The van der Waals surface area contributed by atoms with E-state index in [9.17, 15) is 4.79 Å². The Morgan fingerprint density at radius 2 is 2.00 bits per heavy atom. The third-order valence-electron chi connectivity index (χ3n) is 7.64. The van der Waals surface area contributed by atoms with E-state index in [2.05, 4.69) is 47.8 Å². The van der Waals surface area contributed by atoms with Crippen molar-refractivity contribution in [2.24, 2.45) is 5.92 Å². The molecule has 0 saturated carbocycles. The summed E-state index contributed by atoms with van der Waals surface area (Å²) in [4.78, 5) is 25.9.